The van der Waals surface area contributed by atoms with Crippen LogP contribution in [0.25, 0.3) is 0 Å². The Kier molecular flexibility index (Phi) is 18.5. The minimum absolute atomic E-state index is 0.0294. The Bertz CT molecular complexity index is 1460. The molecule has 14 heteroatoms. The highest BCUT2D eigenvalue weighted by Gasteiger charge is 2.34. The molecule has 2 rings (SSSR count). The monoisotopic (exact) mass is 722 g/mol. The fourth-order valence-electron chi connectivity index (χ4n) is 5.45. The molecule has 0 fully saturated rings. The topological polar surface area (TPSA) is 241 Å². The normalized spacial score (nSPS) is 14.6. The predicted molar refractivity (Wildman–Crippen MR) is 200 cm³/mol. The number of benzene rings is 2. The number of carbonyl (C=O) groups is 6. The van der Waals surface area contributed by atoms with Crippen LogP contribution in [0.4, 0.5) is 0 Å². The lowest BCUT2D eigenvalue weighted by Crippen LogP contribution is -2.61. The Labute approximate surface area is 307 Å². The maximum atomic E-state index is 14.0. The van der Waals surface area contributed by atoms with Crippen molar-refractivity contribution in [1.82, 2.24) is 26.6 Å². The second kappa shape index (κ2) is 22.2. The number of amides is 6. The number of primary amides is 1. The molecule has 0 unspecified atom stereocenters. The average molecular weight is 723 g/mol. The van der Waals surface area contributed by atoms with Gasteiger partial charge in [0, 0.05) is 12.8 Å². The van der Waals surface area contributed by atoms with Gasteiger partial charge in [0.25, 0.3) is 0 Å². The van der Waals surface area contributed by atoms with Gasteiger partial charge in [0.2, 0.25) is 35.4 Å². The molecule has 0 radical (unpaired) electrons. The molecule has 286 valence electrons. The fraction of sp³-hybridized carbons (Fsp3) is 0.526. The first kappa shape index (κ1) is 43.3. The fourth-order valence-corrected chi connectivity index (χ4v) is 5.45. The van der Waals surface area contributed by atoms with E-state index < -0.39 is 77.6 Å². The van der Waals surface area contributed by atoms with Crippen molar-refractivity contribution in [3.8, 4) is 0 Å². The summed E-state index contributed by atoms with van der Waals surface area (Å²) in [6, 6.07) is 11.9. The number of hydrogen-bond donors (Lipinski definition) is 8. The lowest BCUT2D eigenvalue weighted by molar-refractivity contribution is -0.135. The van der Waals surface area contributed by atoms with Gasteiger partial charge in [-0.15, -0.1) is 0 Å². The van der Waals surface area contributed by atoms with Crippen LogP contribution >= 0.6 is 0 Å². The molecule has 0 heterocycles. The van der Waals surface area contributed by atoms with E-state index in [-0.39, 0.29) is 18.8 Å². The molecule has 14 nitrogen and oxygen atoms in total. The van der Waals surface area contributed by atoms with Crippen molar-refractivity contribution >= 4 is 35.4 Å². The summed E-state index contributed by atoms with van der Waals surface area (Å²) in [6.45, 7) is 9.24. The van der Waals surface area contributed by atoms with Crippen molar-refractivity contribution in [3.05, 3.63) is 71.8 Å². The molecule has 11 N–H and O–H groups in total. The summed E-state index contributed by atoms with van der Waals surface area (Å²) in [4.78, 5) is 79.5. The number of hydrogen-bond acceptors (Lipinski definition) is 8. The zero-order chi connectivity index (χ0) is 38.8. The van der Waals surface area contributed by atoms with E-state index in [1.807, 2.05) is 26.0 Å². The van der Waals surface area contributed by atoms with Crippen LogP contribution in [-0.2, 0) is 41.6 Å². The molecule has 0 aromatic heterocycles. The van der Waals surface area contributed by atoms with E-state index in [2.05, 4.69) is 26.6 Å². The second-order valence-corrected chi connectivity index (χ2v) is 13.9. The number of nitrogens with two attached hydrogens (primary N) is 3. The Morgan fingerprint density at radius 2 is 1.06 bits per heavy atom. The molecule has 0 spiro atoms. The van der Waals surface area contributed by atoms with Crippen LogP contribution in [0.2, 0.25) is 0 Å². The lowest BCUT2D eigenvalue weighted by Gasteiger charge is -2.29. The van der Waals surface area contributed by atoms with Crippen LogP contribution in [0.15, 0.2) is 60.7 Å². The SMILES string of the molecule is CC(C)C[C@H](NC(=O)[C@@H](N)CCCCN)C(=O)N[C@H](C(=O)N[C@@H](Cc1ccccc1)C(=O)N[C@@H](Cc1ccccc1)C(=O)N[C@@H](C)C(N)=O)C(C)C. The molecule has 2 aromatic rings. The van der Waals surface area contributed by atoms with Crippen molar-refractivity contribution < 1.29 is 28.8 Å². The first-order valence-electron chi connectivity index (χ1n) is 18.0. The summed E-state index contributed by atoms with van der Waals surface area (Å²) in [7, 11) is 0. The quantitative estimate of drug-likeness (QED) is 0.0797. The molecule has 0 saturated heterocycles. The van der Waals surface area contributed by atoms with Crippen LogP contribution in [-0.4, -0.2) is 78.2 Å². The Morgan fingerprint density at radius 3 is 1.52 bits per heavy atom. The Balaban J connectivity index is 2.33. The number of nitrogens with one attached hydrogen (secondary N) is 5. The van der Waals surface area contributed by atoms with Crippen molar-refractivity contribution in [2.24, 2.45) is 29.0 Å². The maximum Gasteiger partial charge on any atom is 0.243 e. The highest BCUT2D eigenvalue weighted by molar-refractivity contribution is 5.96. The smallest absolute Gasteiger partial charge is 0.243 e. The van der Waals surface area contributed by atoms with Gasteiger partial charge < -0.3 is 43.8 Å². The first-order chi connectivity index (χ1) is 24.6. The third-order valence-corrected chi connectivity index (χ3v) is 8.51. The van der Waals surface area contributed by atoms with E-state index >= 15 is 0 Å². The zero-order valence-electron chi connectivity index (χ0n) is 31.0. The Morgan fingerprint density at radius 1 is 0.596 bits per heavy atom. The summed E-state index contributed by atoms with van der Waals surface area (Å²) >= 11 is 0. The van der Waals surface area contributed by atoms with Gasteiger partial charge in [0.05, 0.1) is 6.04 Å². The number of carbonyl (C=O) groups excluding carboxylic acids is 6. The minimum atomic E-state index is -1.16. The molecule has 0 saturated carbocycles. The van der Waals surface area contributed by atoms with Gasteiger partial charge in [-0.25, -0.2) is 0 Å². The summed E-state index contributed by atoms with van der Waals surface area (Å²) in [6.07, 6.45) is 2.28. The van der Waals surface area contributed by atoms with Gasteiger partial charge >= 0.3 is 0 Å². The molecule has 0 aliphatic heterocycles. The molecule has 6 amide bonds. The molecular weight excluding hydrogens is 664 g/mol. The van der Waals surface area contributed by atoms with Crippen LogP contribution in [0.3, 0.4) is 0 Å². The Hall–Kier alpha value is -4.82. The summed E-state index contributed by atoms with van der Waals surface area (Å²) in [5, 5.41) is 13.6. The molecular formula is C38H58N8O6. The van der Waals surface area contributed by atoms with E-state index in [0.29, 0.717) is 25.8 Å². The van der Waals surface area contributed by atoms with Gasteiger partial charge in [-0.2, -0.15) is 0 Å². The van der Waals surface area contributed by atoms with Crippen molar-refractivity contribution in [2.75, 3.05) is 6.54 Å². The summed E-state index contributed by atoms with van der Waals surface area (Å²) < 4.78 is 0. The van der Waals surface area contributed by atoms with Crippen molar-refractivity contribution in [1.29, 1.82) is 0 Å². The van der Waals surface area contributed by atoms with Gasteiger partial charge in [0.15, 0.2) is 0 Å². The van der Waals surface area contributed by atoms with Crippen LogP contribution in [0, 0.1) is 11.8 Å². The first-order valence-corrected chi connectivity index (χ1v) is 18.0. The van der Waals surface area contributed by atoms with Crippen molar-refractivity contribution in [2.45, 2.75) is 109 Å². The van der Waals surface area contributed by atoms with Gasteiger partial charge in [-0.1, -0.05) is 94.8 Å². The minimum Gasteiger partial charge on any atom is -0.368 e. The van der Waals surface area contributed by atoms with Crippen LogP contribution < -0.4 is 43.8 Å². The van der Waals surface area contributed by atoms with Crippen LogP contribution in [0.5, 0.6) is 0 Å². The van der Waals surface area contributed by atoms with Gasteiger partial charge in [-0.05, 0) is 55.7 Å². The van der Waals surface area contributed by atoms with E-state index in [1.54, 1.807) is 62.4 Å². The summed E-state index contributed by atoms with van der Waals surface area (Å²) in [5.41, 5.74) is 18.5. The summed E-state index contributed by atoms with van der Waals surface area (Å²) in [5.74, 6) is -4.06. The lowest BCUT2D eigenvalue weighted by atomic mass is 9.98. The third-order valence-electron chi connectivity index (χ3n) is 8.51. The van der Waals surface area contributed by atoms with Crippen LogP contribution in [0.1, 0.15) is 71.4 Å². The average Bonchev–Trinajstić information content (AvgIpc) is 3.09. The molecule has 2 aromatic carbocycles. The molecule has 0 bridgehead atoms. The van der Waals surface area contributed by atoms with E-state index in [4.69, 9.17) is 17.2 Å². The highest BCUT2D eigenvalue weighted by Crippen LogP contribution is 2.12. The second-order valence-electron chi connectivity index (χ2n) is 13.9. The molecule has 0 aliphatic rings. The number of rotatable bonds is 22. The van der Waals surface area contributed by atoms with E-state index in [9.17, 15) is 28.8 Å². The zero-order valence-corrected chi connectivity index (χ0v) is 31.0. The number of unbranched alkanes of at least 4 members (excludes halogenated alkanes) is 1. The highest BCUT2D eigenvalue weighted by atomic mass is 16.2. The molecule has 52 heavy (non-hydrogen) atoms. The van der Waals surface area contributed by atoms with Gasteiger partial charge in [0.1, 0.15) is 30.2 Å². The molecule has 6 atom stereocenters. The largest absolute Gasteiger partial charge is 0.368 e. The predicted octanol–water partition coefficient (Wildman–Crippen LogP) is 0.559. The standard InChI is InChI=1S/C38H58N8O6/c1-23(2)20-29(43-34(48)28(40)18-12-13-19-39)37(51)46-32(24(3)4)38(52)45-31(22-27-16-10-7-11-17-27)36(50)44-30(21-26-14-8-6-9-15-26)35(49)42-25(5)33(41)47/h6-11,14-17,23-25,28-32H,12-13,18-22,39-40H2,1-5H3,(H2,41,47)(H,42,49)(H,43,48)(H,44,50)(H,45,52)(H,46,51)/t25-,28-,29-,30-,31-,32-/m0/s1. The molecule has 0 aliphatic carbocycles. The van der Waals surface area contributed by atoms with Gasteiger partial charge in [-0.3, -0.25) is 28.8 Å². The van der Waals surface area contributed by atoms with E-state index in [0.717, 1.165) is 17.5 Å². The third kappa shape index (κ3) is 15.2. The maximum absolute atomic E-state index is 14.0. The van der Waals surface area contributed by atoms with Crippen molar-refractivity contribution in [3.63, 3.8) is 0 Å². The van der Waals surface area contributed by atoms with E-state index in [1.165, 1.54) is 6.92 Å².